The van der Waals surface area contributed by atoms with Gasteiger partial charge in [0.15, 0.2) is 11.0 Å². The van der Waals surface area contributed by atoms with Gasteiger partial charge in [0, 0.05) is 32.1 Å². The quantitative estimate of drug-likeness (QED) is 0.140. The van der Waals surface area contributed by atoms with Crippen LogP contribution in [-0.4, -0.2) is 47.4 Å². The lowest BCUT2D eigenvalue weighted by Gasteiger charge is -2.22. The second kappa shape index (κ2) is 15.4. The number of benzene rings is 3. The Labute approximate surface area is 273 Å². The zero-order valence-corrected chi connectivity index (χ0v) is 26.5. The molecule has 0 radical (unpaired) electrons. The average Bonchev–Trinajstić information content (AvgIpc) is 3.53. The molecule has 2 amide bonds. The Morgan fingerprint density at radius 1 is 0.870 bits per heavy atom. The first-order valence-electron chi connectivity index (χ1n) is 15.2. The third kappa shape index (κ3) is 9.28. The average molecular weight is 642 g/mol. The number of hydrogen-bond donors (Lipinski definition) is 2. The van der Waals surface area contributed by atoms with Gasteiger partial charge in [-0.3, -0.25) is 14.4 Å². The fourth-order valence-corrected chi connectivity index (χ4v) is 5.46. The summed E-state index contributed by atoms with van der Waals surface area (Å²) in [4.78, 5) is 47.7. The summed E-state index contributed by atoms with van der Waals surface area (Å²) in [5, 5.41) is 5.95. The predicted molar refractivity (Wildman–Crippen MR) is 177 cm³/mol. The number of nitrogens with zero attached hydrogens (tertiary/aromatic N) is 3. The Balaban J connectivity index is 1.19. The largest absolute Gasteiger partial charge is 0.457 e. The lowest BCUT2D eigenvalue weighted by atomic mass is 10.1. The van der Waals surface area contributed by atoms with Gasteiger partial charge in [0.2, 0.25) is 17.6 Å². The molecular weight excluding hydrogens is 606 g/mol. The lowest BCUT2D eigenvalue weighted by Crippen LogP contribution is -2.40. The molecule has 0 aliphatic heterocycles. The fourth-order valence-electron chi connectivity index (χ4n) is 5.24. The number of ether oxygens (including phenoxy) is 2. The van der Waals surface area contributed by atoms with E-state index in [1.807, 2.05) is 66.7 Å². The van der Waals surface area contributed by atoms with Crippen molar-refractivity contribution in [2.24, 2.45) is 0 Å². The Morgan fingerprint density at radius 2 is 1.52 bits per heavy atom. The van der Waals surface area contributed by atoms with Crippen LogP contribution in [0.4, 0.5) is 11.5 Å². The maximum absolute atomic E-state index is 12.7. The highest BCUT2D eigenvalue weighted by molar-refractivity contribution is 6.31. The van der Waals surface area contributed by atoms with E-state index < -0.39 is 5.97 Å². The van der Waals surface area contributed by atoms with Crippen LogP contribution in [0.25, 0.3) is 0 Å². The third-order valence-corrected chi connectivity index (χ3v) is 7.68. The van der Waals surface area contributed by atoms with Crippen molar-refractivity contribution >= 4 is 40.9 Å². The maximum Gasteiger partial charge on any atom is 0.308 e. The summed E-state index contributed by atoms with van der Waals surface area (Å²) in [6.07, 6.45) is 4.69. The fraction of sp³-hybridized carbons (Fsp3) is 0.286. The standard InChI is InChI=1S/C35H36ClN5O5/c1-23(42)45-33-34(36)39-30(40-35(33)41(2)22-32(44)38-26-8-6-7-9-26)20-24-12-16-27(17-13-24)37-31(43)21-25-14-18-29(19-15-25)46-28-10-4-3-5-11-28/h3-5,10-19,26H,6-9,20-22H2,1-2H3,(H,37,43)(H,38,44). The molecule has 1 heterocycles. The van der Waals surface area contributed by atoms with Gasteiger partial charge in [-0.25, -0.2) is 9.97 Å². The van der Waals surface area contributed by atoms with E-state index in [2.05, 4.69) is 20.6 Å². The van der Waals surface area contributed by atoms with Crippen molar-refractivity contribution in [2.75, 3.05) is 23.8 Å². The minimum absolute atomic E-state index is 0.00510. The number of carbonyl (C=O) groups excluding carboxylic acids is 3. The van der Waals surface area contributed by atoms with E-state index in [1.54, 1.807) is 24.1 Å². The van der Waals surface area contributed by atoms with Gasteiger partial charge in [0.1, 0.15) is 17.3 Å². The van der Waals surface area contributed by atoms with Crippen LogP contribution in [0.15, 0.2) is 78.9 Å². The molecule has 5 rings (SSSR count). The van der Waals surface area contributed by atoms with E-state index in [0.717, 1.165) is 42.6 Å². The molecule has 0 unspecified atom stereocenters. The molecule has 1 aliphatic carbocycles. The van der Waals surface area contributed by atoms with Gasteiger partial charge >= 0.3 is 5.97 Å². The van der Waals surface area contributed by atoms with Crippen molar-refractivity contribution in [1.82, 2.24) is 15.3 Å². The van der Waals surface area contributed by atoms with Crippen molar-refractivity contribution in [3.63, 3.8) is 0 Å². The molecular formula is C35H36ClN5O5. The van der Waals surface area contributed by atoms with Crippen LogP contribution < -0.4 is 25.0 Å². The van der Waals surface area contributed by atoms with Crippen LogP contribution >= 0.6 is 11.6 Å². The summed E-state index contributed by atoms with van der Waals surface area (Å²) in [6.45, 7) is 1.27. The number of aromatic nitrogens is 2. The van der Waals surface area contributed by atoms with Crippen LogP contribution in [0, 0.1) is 0 Å². The molecule has 2 N–H and O–H groups in total. The molecule has 1 saturated carbocycles. The number of hydrogen-bond acceptors (Lipinski definition) is 8. The number of amides is 2. The SMILES string of the molecule is CC(=O)Oc1c(Cl)nc(Cc2ccc(NC(=O)Cc3ccc(Oc4ccccc4)cc3)cc2)nc1N(C)CC(=O)NC1CCCC1. The summed E-state index contributed by atoms with van der Waals surface area (Å²) >= 11 is 6.45. The van der Waals surface area contributed by atoms with Gasteiger partial charge in [0.25, 0.3) is 0 Å². The molecule has 0 spiro atoms. The molecule has 46 heavy (non-hydrogen) atoms. The van der Waals surface area contributed by atoms with E-state index in [-0.39, 0.29) is 47.5 Å². The Kier molecular flexibility index (Phi) is 10.8. The highest BCUT2D eigenvalue weighted by Gasteiger charge is 2.23. The molecule has 4 aromatic rings. The number of halogens is 1. The highest BCUT2D eigenvalue weighted by atomic mass is 35.5. The summed E-state index contributed by atoms with van der Waals surface area (Å²) in [5.41, 5.74) is 2.38. The van der Waals surface area contributed by atoms with E-state index in [9.17, 15) is 14.4 Å². The van der Waals surface area contributed by atoms with Crippen molar-refractivity contribution in [2.45, 2.75) is 51.5 Å². The molecule has 1 fully saturated rings. The predicted octanol–water partition coefficient (Wildman–Crippen LogP) is 6.11. The monoisotopic (exact) mass is 641 g/mol. The zero-order valence-electron chi connectivity index (χ0n) is 25.8. The van der Waals surface area contributed by atoms with Crippen LogP contribution in [0.2, 0.25) is 5.15 Å². The number of nitrogens with one attached hydrogen (secondary N) is 2. The highest BCUT2D eigenvalue weighted by Crippen LogP contribution is 2.33. The summed E-state index contributed by atoms with van der Waals surface area (Å²) in [5.74, 6) is 1.21. The second-order valence-corrected chi connectivity index (χ2v) is 11.6. The minimum Gasteiger partial charge on any atom is -0.457 e. The number of anilines is 2. The summed E-state index contributed by atoms with van der Waals surface area (Å²) < 4.78 is 11.1. The molecule has 0 saturated heterocycles. The maximum atomic E-state index is 12.7. The molecule has 1 aromatic heterocycles. The van der Waals surface area contributed by atoms with Gasteiger partial charge in [-0.1, -0.05) is 66.9 Å². The number of rotatable bonds is 12. The van der Waals surface area contributed by atoms with Gasteiger partial charge in [-0.2, -0.15) is 0 Å². The smallest absolute Gasteiger partial charge is 0.308 e. The second-order valence-electron chi connectivity index (χ2n) is 11.2. The van der Waals surface area contributed by atoms with Gasteiger partial charge in [-0.05, 0) is 60.4 Å². The van der Waals surface area contributed by atoms with Gasteiger partial charge < -0.3 is 25.0 Å². The first-order chi connectivity index (χ1) is 22.2. The zero-order chi connectivity index (χ0) is 32.5. The van der Waals surface area contributed by atoms with Crippen LogP contribution in [0.1, 0.15) is 49.6 Å². The number of likely N-dealkylation sites (N-methyl/N-ethyl adjacent to an activating group) is 1. The van der Waals surface area contributed by atoms with Gasteiger partial charge in [0.05, 0.1) is 13.0 Å². The first-order valence-corrected chi connectivity index (χ1v) is 15.6. The molecule has 0 atom stereocenters. The van der Waals surface area contributed by atoms with Crippen molar-refractivity contribution in [3.05, 3.63) is 101 Å². The Bertz CT molecular complexity index is 1660. The van der Waals surface area contributed by atoms with Gasteiger partial charge in [-0.15, -0.1) is 0 Å². The van der Waals surface area contributed by atoms with Crippen LogP contribution in [0.3, 0.4) is 0 Å². The van der Waals surface area contributed by atoms with Crippen molar-refractivity contribution in [1.29, 1.82) is 0 Å². The Morgan fingerprint density at radius 3 is 2.20 bits per heavy atom. The van der Waals surface area contributed by atoms with Crippen molar-refractivity contribution in [3.8, 4) is 17.2 Å². The summed E-state index contributed by atoms with van der Waals surface area (Å²) in [7, 11) is 1.69. The molecule has 11 heteroatoms. The van der Waals surface area contributed by atoms with Crippen LogP contribution in [-0.2, 0) is 27.2 Å². The van der Waals surface area contributed by atoms with Crippen LogP contribution in [0.5, 0.6) is 17.2 Å². The third-order valence-electron chi connectivity index (χ3n) is 7.43. The molecule has 1 aliphatic rings. The Hall–Kier alpha value is -4.96. The van der Waals surface area contributed by atoms with E-state index in [0.29, 0.717) is 23.7 Å². The summed E-state index contributed by atoms with van der Waals surface area (Å²) in [6, 6.07) is 24.4. The molecule has 3 aromatic carbocycles. The first kappa shape index (κ1) is 32.4. The molecule has 238 valence electrons. The number of esters is 1. The van der Waals surface area contributed by atoms with E-state index in [4.69, 9.17) is 21.1 Å². The number of carbonyl (C=O) groups is 3. The van der Waals surface area contributed by atoms with E-state index >= 15 is 0 Å². The van der Waals surface area contributed by atoms with Crippen molar-refractivity contribution < 1.29 is 23.9 Å². The number of para-hydroxylation sites is 1. The topological polar surface area (TPSA) is 123 Å². The lowest BCUT2D eigenvalue weighted by molar-refractivity contribution is -0.131. The molecule has 0 bridgehead atoms. The molecule has 10 nitrogen and oxygen atoms in total. The van der Waals surface area contributed by atoms with E-state index in [1.165, 1.54) is 6.92 Å². The normalized spacial score (nSPS) is 12.8. The minimum atomic E-state index is -0.574.